The lowest BCUT2D eigenvalue weighted by molar-refractivity contribution is 0.00664. The Hall–Kier alpha value is -1.62. The van der Waals surface area contributed by atoms with E-state index < -0.39 is 0 Å². The van der Waals surface area contributed by atoms with Crippen molar-refractivity contribution >= 4 is 16.9 Å². The van der Waals surface area contributed by atoms with E-state index in [1.165, 1.54) is 12.8 Å². The Labute approximate surface area is 117 Å². The third kappa shape index (κ3) is 1.26. The van der Waals surface area contributed by atoms with Gasteiger partial charge in [-0.05, 0) is 25.8 Å². The van der Waals surface area contributed by atoms with Gasteiger partial charge in [-0.25, -0.2) is 9.97 Å². The molecule has 5 heteroatoms. The van der Waals surface area contributed by atoms with E-state index in [1.807, 2.05) is 6.20 Å². The zero-order valence-corrected chi connectivity index (χ0v) is 11.5. The van der Waals surface area contributed by atoms with Gasteiger partial charge in [0.2, 0.25) is 0 Å². The van der Waals surface area contributed by atoms with E-state index in [9.17, 15) is 0 Å². The number of fused-ring (bicyclic) bond motifs is 6. The summed E-state index contributed by atoms with van der Waals surface area (Å²) in [5.74, 6) is 2.41. The maximum Gasteiger partial charge on any atom is 0.142 e. The molecule has 5 nitrogen and oxygen atoms in total. The van der Waals surface area contributed by atoms with Crippen LogP contribution in [0.4, 0.5) is 5.82 Å². The first kappa shape index (κ1) is 11.1. The molecule has 104 valence electrons. The smallest absolute Gasteiger partial charge is 0.142 e. The Morgan fingerprint density at radius 2 is 2.35 bits per heavy atom. The van der Waals surface area contributed by atoms with Crippen LogP contribution in [-0.4, -0.2) is 39.7 Å². The fraction of sp³-hybridized carbons (Fsp3) is 0.600. The molecule has 0 radical (unpaired) electrons. The van der Waals surface area contributed by atoms with E-state index in [0.29, 0.717) is 17.9 Å². The zero-order chi connectivity index (χ0) is 13.3. The lowest BCUT2D eigenvalue weighted by Crippen LogP contribution is -2.35. The Kier molecular flexibility index (Phi) is 1.95. The fourth-order valence-electron chi connectivity index (χ4n) is 4.60. The van der Waals surface area contributed by atoms with Gasteiger partial charge in [0, 0.05) is 31.1 Å². The number of ether oxygens (including phenoxy) is 1. The van der Waals surface area contributed by atoms with Crippen LogP contribution in [0.15, 0.2) is 18.6 Å². The van der Waals surface area contributed by atoms with Crippen molar-refractivity contribution in [2.75, 3.05) is 18.0 Å². The molecular weight excluding hydrogens is 252 g/mol. The van der Waals surface area contributed by atoms with Crippen LogP contribution in [0.3, 0.4) is 0 Å². The summed E-state index contributed by atoms with van der Waals surface area (Å²) in [5, 5.41) is 1.13. The topological polar surface area (TPSA) is 54.0 Å². The van der Waals surface area contributed by atoms with Gasteiger partial charge in [0.05, 0.1) is 17.1 Å². The fourth-order valence-corrected chi connectivity index (χ4v) is 4.60. The van der Waals surface area contributed by atoms with Crippen LogP contribution in [0.1, 0.15) is 19.8 Å². The zero-order valence-electron chi connectivity index (χ0n) is 11.5. The van der Waals surface area contributed by atoms with Gasteiger partial charge >= 0.3 is 0 Å². The van der Waals surface area contributed by atoms with Crippen LogP contribution in [0, 0.1) is 11.8 Å². The molecule has 20 heavy (non-hydrogen) atoms. The van der Waals surface area contributed by atoms with Crippen LogP contribution >= 0.6 is 0 Å². The quantitative estimate of drug-likeness (QED) is 0.860. The maximum absolute atomic E-state index is 6.22. The lowest BCUT2D eigenvalue weighted by atomic mass is 9.75. The molecule has 5 rings (SSSR count). The highest BCUT2D eigenvalue weighted by Gasteiger charge is 2.59. The van der Waals surface area contributed by atoms with Crippen LogP contribution < -0.4 is 4.90 Å². The van der Waals surface area contributed by atoms with Crippen molar-refractivity contribution in [1.82, 2.24) is 15.0 Å². The Morgan fingerprint density at radius 3 is 3.25 bits per heavy atom. The van der Waals surface area contributed by atoms with E-state index in [2.05, 4.69) is 32.8 Å². The molecule has 2 bridgehead atoms. The summed E-state index contributed by atoms with van der Waals surface area (Å²) in [6.07, 6.45) is 6.52. The highest BCUT2D eigenvalue weighted by Crippen LogP contribution is 2.54. The number of anilines is 1. The number of aromatic amines is 1. The van der Waals surface area contributed by atoms with Gasteiger partial charge in [0.25, 0.3) is 0 Å². The van der Waals surface area contributed by atoms with Crippen molar-refractivity contribution in [2.24, 2.45) is 11.8 Å². The highest BCUT2D eigenvalue weighted by atomic mass is 16.5. The van der Waals surface area contributed by atoms with Crippen LogP contribution in [0.25, 0.3) is 11.0 Å². The second kappa shape index (κ2) is 3.52. The monoisotopic (exact) mass is 270 g/mol. The van der Waals surface area contributed by atoms with Gasteiger partial charge in [0.1, 0.15) is 17.8 Å². The Morgan fingerprint density at radius 1 is 1.40 bits per heavy atom. The Bertz CT molecular complexity index is 683. The summed E-state index contributed by atoms with van der Waals surface area (Å²) < 4.78 is 6.22. The summed E-state index contributed by atoms with van der Waals surface area (Å²) in [4.78, 5) is 14.4. The number of hydrogen-bond donors (Lipinski definition) is 1. The molecule has 0 amide bonds. The molecule has 2 aromatic heterocycles. The summed E-state index contributed by atoms with van der Waals surface area (Å²) in [5.41, 5.74) is 1.03. The van der Waals surface area contributed by atoms with Crippen LogP contribution in [0.5, 0.6) is 0 Å². The molecule has 0 aliphatic carbocycles. The summed E-state index contributed by atoms with van der Waals surface area (Å²) in [6, 6.07) is 2.07. The summed E-state index contributed by atoms with van der Waals surface area (Å²) >= 11 is 0. The van der Waals surface area contributed by atoms with Gasteiger partial charge in [-0.1, -0.05) is 0 Å². The van der Waals surface area contributed by atoms with E-state index in [1.54, 1.807) is 6.33 Å². The number of hydrogen-bond acceptors (Lipinski definition) is 4. The van der Waals surface area contributed by atoms with E-state index in [-0.39, 0.29) is 5.60 Å². The van der Waals surface area contributed by atoms with Gasteiger partial charge < -0.3 is 14.6 Å². The summed E-state index contributed by atoms with van der Waals surface area (Å²) in [6.45, 7) is 4.43. The molecular formula is C15H18N4O. The van der Waals surface area contributed by atoms with Crippen molar-refractivity contribution in [3.05, 3.63) is 18.6 Å². The molecule has 5 heterocycles. The number of aromatic nitrogens is 3. The average molecular weight is 270 g/mol. The third-order valence-electron chi connectivity index (χ3n) is 5.61. The summed E-state index contributed by atoms with van der Waals surface area (Å²) in [7, 11) is 0. The van der Waals surface area contributed by atoms with Crippen molar-refractivity contribution < 1.29 is 4.74 Å². The molecule has 0 saturated carbocycles. The minimum Gasteiger partial charge on any atom is -0.371 e. The molecule has 3 aliphatic heterocycles. The Balaban J connectivity index is 1.54. The standard InChI is InChI=1S/C15H18N4O/c1-15-4-2-12(20-15)10-6-19(7-11(10)15)14-9-3-5-16-13(9)17-8-18-14/h3,5,8,10-12H,2,4,6-7H2,1H3,(H,16,17,18). The molecule has 4 atom stereocenters. The van der Waals surface area contributed by atoms with Gasteiger partial charge in [-0.15, -0.1) is 0 Å². The van der Waals surface area contributed by atoms with Gasteiger partial charge in [-0.3, -0.25) is 0 Å². The van der Waals surface area contributed by atoms with Crippen molar-refractivity contribution in [3.8, 4) is 0 Å². The van der Waals surface area contributed by atoms with E-state index >= 15 is 0 Å². The lowest BCUT2D eigenvalue weighted by Gasteiger charge is -2.28. The molecule has 3 saturated heterocycles. The molecule has 3 fully saturated rings. The predicted octanol–water partition coefficient (Wildman–Crippen LogP) is 1.96. The van der Waals surface area contributed by atoms with E-state index in [0.717, 1.165) is 29.9 Å². The first-order valence-corrected chi connectivity index (χ1v) is 7.45. The molecule has 4 unspecified atom stereocenters. The minimum atomic E-state index is 0.106. The van der Waals surface area contributed by atoms with Crippen LogP contribution in [-0.2, 0) is 4.74 Å². The van der Waals surface area contributed by atoms with Crippen molar-refractivity contribution in [1.29, 1.82) is 0 Å². The first-order valence-electron chi connectivity index (χ1n) is 7.45. The van der Waals surface area contributed by atoms with E-state index in [4.69, 9.17) is 4.74 Å². The molecule has 3 aliphatic rings. The van der Waals surface area contributed by atoms with Crippen LogP contribution in [0.2, 0.25) is 0 Å². The second-order valence-corrected chi connectivity index (χ2v) is 6.62. The highest BCUT2D eigenvalue weighted by molar-refractivity contribution is 5.87. The number of H-pyrrole nitrogens is 1. The molecule has 1 N–H and O–H groups in total. The normalized spacial score (nSPS) is 38.9. The van der Waals surface area contributed by atoms with Crippen molar-refractivity contribution in [2.45, 2.75) is 31.5 Å². The first-order chi connectivity index (χ1) is 9.74. The minimum absolute atomic E-state index is 0.106. The number of nitrogens with one attached hydrogen (secondary N) is 1. The van der Waals surface area contributed by atoms with Gasteiger partial charge in [0.15, 0.2) is 0 Å². The largest absolute Gasteiger partial charge is 0.371 e. The maximum atomic E-state index is 6.22. The SMILES string of the molecule is CC12CCC(O1)C1CN(c3ncnc4[nH]ccc34)CC12. The second-order valence-electron chi connectivity index (χ2n) is 6.62. The van der Waals surface area contributed by atoms with Gasteiger partial charge in [-0.2, -0.15) is 0 Å². The molecule has 0 aromatic carbocycles. The third-order valence-corrected chi connectivity index (χ3v) is 5.61. The molecule has 0 spiro atoms. The number of nitrogens with zero attached hydrogens (tertiary/aromatic N) is 3. The molecule has 2 aromatic rings. The predicted molar refractivity (Wildman–Crippen MR) is 75.6 cm³/mol. The number of rotatable bonds is 1. The average Bonchev–Trinajstić information content (AvgIpc) is 3.18. The van der Waals surface area contributed by atoms with Crippen molar-refractivity contribution in [3.63, 3.8) is 0 Å².